The molecule has 0 unspecified atom stereocenters. The fraction of sp³-hybridized carbons (Fsp3) is 0.0811. The fourth-order valence-electron chi connectivity index (χ4n) is 12.9. The first-order chi connectivity index (χ1) is 37.7. The van der Waals surface area contributed by atoms with E-state index in [2.05, 4.69) is 310 Å². The Morgan fingerprint density at radius 2 is 0.636 bits per heavy atom. The van der Waals surface area contributed by atoms with Crippen molar-refractivity contribution < 1.29 is 0 Å². The molecule has 12 aromatic carbocycles. The van der Waals surface area contributed by atoms with Gasteiger partial charge in [-0.3, -0.25) is 0 Å². The van der Waals surface area contributed by atoms with Gasteiger partial charge in [-0.15, -0.1) is 0 Å². The number of hydrogen-bond donors (Lipinski definition) is 0. The average molecular weight is 985 g/mol. The molecule has 0 spiro atoms. The lowest BCUT2D eigenvalue weighted by atomic mass is 9.33. The summed E-state index contributed by atoms with van der Waals surface area (Å²) in [5, 5.41) is 4.99. The van der Waals surface area contributed by atoms with Crippen LogP contribution in [0.4, 0.5) is 34.1 Å². The van der Waals surface area contributed by atoms with E-state index < -0.39 is 0 Å². The lowest BCUT2D eigenvalue weighted by Crippen LogP contribution is -2.61. The molecule has 0 aromatic heterocycles. The Hall–Kier alpha value is -9.18. The van der Waals surface area contributed by atoms with Crippen LogP contribution in [0.2, 0.25) is 0 Å². The number of rotatable bonds is 9. The molecule has 0 radical (unpaired) electrons. The van der Waals surface area contributed by atoms with E-state index in [1.54, 1.807) is 0 Å². The maximum absolute atomic E-state index is 2.56. The molecular formula is C74H57BN2. The highest BCUT2D eigenvalue weighted by atomic mass is 15.2. The molecule has 12 aromatic rings. The zero-order chi connectivity index (χ0) is 51.8. The van der Waals surface area contributed by atoms with E-state index in [-0.39, 0.29) is 17.5 Å². The normalized spacial score (nSPS) is 12.9. The Morgan fingerprint density at radius 3 is 1.08 bits per heavy atom. The molecular weight excluding hydrogens is 928 g/mol. The zero-order valence-corrected chi connectivity index (χ0v) is 44.0. The van der Waals surface area contributed by atoms with Gasteiger partial charge in [-0.1, -0.05) is 246 Å². The first kappa shape index (κ1) is 46.4. The predicted octanol–water partition coefficient (Wildman–Crippen LogP) is 17.7. The summed E-state index contributed by atoms with van der Waals surface area (Å²) in [5.41, 5.74) is 22.8. The van der Waals surface area contributed by atoms with Crippen LogP contribution in [0, 0.1) is 0 Å². The number of anilines is 6. The number of hydrogen-bond acceptors (Lipinski definition) is 2. The van der Waals surface area contributed by atoms with Crippen LogP contribution in [-0.2, 0) is 10.8 Å². The van der Waals surface area contributed by atoms with Gasteiger partial charge in [-0.2, -0.15) is 0 Å². The molecule has 2 aliphatic heterocycles. The summed E-state index contributed by atoms with van der Waals surface area (Å²) in [4.78, 5) is 5.12. The van der Waals surface area contributed by atoms with Gasteiger partial charge in [0.05, 0.1) is 0 Å². The first-order valence-electron chi connectivity index (χ1n) is 27.1. The molecule has 0 bridgehead atoms. The quantitative estimate of drug-likeness (QED) is 0.105. The highest BCUT2D eigenvalue weighted by molar-refractivity contribution is 7.00. The Balaban J connectivity index is 1.05. The lowest BCUT2D eigenvalue weighted by Gasteiger charge is -2.45. The third-order valence-electron chi connectivity index (χ3n) is 17.0. The monoisotopic (exact) mass is 984 g/mol. The first-order valence-corrected chi connectivity index (χ1v) is 27.1. The van der Waals surface area contributed by atoms with Crippen LogP contribution >= 0.6 is 0 Å². The summed E-state index contributed by atoms with van der Waals surface area (Å²) >= 11 is 0. The van der Waals surface area contributed by atoms with Gasteiger partial charge in [0.1, 0.15) is 0 Å². The SMILES string of the molecule is CC(C)(c1ccccc1)c1ccc2c(c1)N(c1ccccc1)c1cc(-c3cccc(-c4c5ccccc5c(-c5ccccc5)c5ccccc45)c3)cc3c1B2c1ccc(C(C)(C)c2ccccc2)cc1N3c1ccccc1. The van der Waals surface area contributed by atoms with Crippen LogP contribution in [0.15, 0.2) is 273 Å². The maximum atomic E-state index is 2.56. The van der Waals surface area contributed by atoms with Gasteiger partial charge >= 0.3 is 0 Å². The molecule has 14 rings (SSSR count). The standard InChI is InChI=1S/C74H57BN2/c1-73(2,54-29-12-6-13-30-54)56-41-43-64-66(48-56)76(58-33-16-8-17-34-58)68-46-53(51-27-24-28-52(45-51)71-62-39-22-20-37-60(62)70(50-25-10-5-11-26-50)61-38-21-23-40-63(61)71)47-69-72(68)75(64)65-44-42-57(74(3,4)55-31-14-7-15-32-55)49-67(65)77(69)59-35-18-9-19-36-59/h5-49H,1-4H3. The molecule has 0 atom stereocenters. The van der Waals surface area contributed by atoms with E-state index in [1.807, 2.05) is 0 Å². The van der Waals surface area contributed by atoms with Crippen molar-refractivity contribution >= 4 is 78.8 Å². The maximum Gasteiger partial charge on any atom is 0.252 e. The summed E-state index contributed by atoms with van der Waals surface area (Å²) in [5.74, 6) is 0. The Labute approximate surface area is 453 Å². The summed E-state index contributed by atoms with van der Waals surface area (Å²) in [6.07, 6.45) is 0. The number of benzene rings is 12. The third kappa shape index (κ3) is 7.55. The lowest BCUT2D eigenvalue weighted by molar-refractivity contribution is 0.641. The number of nitrogens with zero attached hydrogens (tertiary/aromatic N) is 2. The molecule has 0 aliphatic carbocycles. The van der Waals surface area contributed by atoms with Gasteiger partial charge in [-0.25, -0.2) is 0 Å². The van der Waals surface area contributed by atoms with Gasteiger partial charge in [0, 0.05) is 45.0 Å². The minimum absolute atomic E-state index is 0.0473. The molecule has 2 aliphatic rings. The van der Waals surface area contributed by atoms with E-state index in [4.69, 9.17) is 0 Å². The van der Waals surface area contributed by atoms with Crippen molar-refractivity contribution in [2.45, 2.75) is 38.5 Å². The van der Waals surface area contributed by atoms with Crippen LogP contribution in [0.1, 0.15) is 49.9 Å². The molecule has 0 amide bonds. The highest BCUT2D eigenvalue weighted by Gasteiger charge is 2.45. The van der Waals surface area contributed by atoms with Crippen molar-refractivity contribution in [2.24, 2.45) is 0 Å². The molecule has 77 heavy (non-hydrogen) atoms. The van der Waals surface area contributed by atoms with Crippen molar-refractivity contribution in [1.29, 1.82) is 0 Å². The fourth-order valence-corrected chi connectivity index (χ4v) is 12.9. The van der Waals surface area contributed by atoms with Crippen LogP contribution in [-0.4, -0.2) is 6.71 Å². The van der Waals surface area contributed by atoms with E-state index >= 15 is 0 Å². The smallest absolute Gasteiger partial charge is 0.252 e. The molecule has 2 nitrogen and oxygen atoms in total. The topological polar surface area (TPSA) is 6.48 Å². The van der Waals surface area contributed by atoms with E-state index in [1.165, 1.54) is 105 Å². The van der Waals surface area contributed by atoms with Crippen molar-refractivity contribution in [3.8, 4) is 33.4 Å². The van der Waals surface area contributed by atoms with Crippen LogP contribution in [0.3, 0.4) is 0 Å². The minimum Gasteiger partial charge on any atom is -0.311 e. The molecule has 0 N–H and O–H groups in total. The second-order valence-electron chi connectivity index (χ2n) is 22.0. The molecule has 3 heteroatoms. The largest absolute Gasteiger partial charge is 0.311 e. The second kappa shape index (κ2) is 18.3. The van der Waals surface area contributed by atoms with Gasteiger partial charge < -0.3 is 9.80 Å². The number of fused-ring (bicyclic) bond motifs is 6. The Morgan fingerprint density at radius 1 is 0.273 bits per heavy atom. The summed E-state index contributed by atoms with van der Waals surface area (Å²) in [6.45, 7) is 9.41. The van der Waals surface area contributed by atoms with E-state index in [0.717, 1.165) is 22.5 Å². The van der Waals surface area contributed by atoms with Crippen molar-refractivity contribution in [3.63, 3.8) is 0 Å². The molecule has 2 heterocycles. The second-order valence-corrected chi connectivity index (χ2v) is 22.0. The summed E-state index contributed by atoms with van der Waals surface area (Å²) in [6, 6.07) is 102. The molecule has 366 valence electrons. The minimum atomic E-state index is -0.257. The third-order valence-corrected chi connectivity index (χ3v) is 17.0. The van der Waals surface area contributed by atoms with E-state index in [9.17, 15) is 0 Å². The zero-order valence-electron chi connectivity index (χ0n) is 44.0. The van der Waals surface area contributed by atoms with Crippen molar-refractivity contribution in [3.05, 3.63) is 295 Å². The van der Waals surface area contributed by atoms with Crippen LogP contribution < -0.4 is 26.2 Å². The summed E-state index contributed by atoms with van der Waals surface area (Å²) in [7, 11) is 0. The van der Waals surface area contributed by atoms with Gasteiger partial charge in [0.2, 0.25) is 0 Å². The van der Waals surface area contributed by atoms with Gasteiger partial charge in [0.15, 0.2) is 0 Å². The molecule has 0 saturated carbocycles. The van der Waals surface area contributed by atoms with E-state index in [0.29, 0.717) is 0 Å². The Bertz CT molecular complexity index is 3980. The average Bonchev–Trinajstić information content (AvgIpc) is 3.58. The predicted molar refractivity (Wildman–Crippen MR) is 329 cm³/mol. The number of para-hydroxylation sites is 2. The summed E-state index contributed by atoms with van der Waals surface area (Å²) < 4.78 is 0. The molecule has 0 fully saturated rings. The van der Waals surface area contributed by atoms with Gasteiger partial charge in [-0.05, 0) is 148 Å². The Kier molecular flexibility index (Phi) is 11.0. The van der Waals surface area contributed by atoms with Crippen LogP contribution in [0.5, 0.6) is 0 Å². The molecule has 0 saturated heterocycles. The van der Waals surface area contributed by atoms with Gasteiger partial charge in [0.25, 0.3) is 6.71 Å². The van der Waals surface area contributed by atoms with Crippen LogP contribution in [0.25, 0.3) is 54.9 Å². The van der Waals surface area contributed by atoms with Crippen molar-refractivity contribution in [1.82, 2.24) is 0 Å². The van der Waals surface area contributed by atoms with Crippen molar-refractivity contribution in [2.75, 3.05) is 9.80 Å². The highest BCUT2D eigenvalue weighted by Crippen LogP contribution is 2.49.